The second-order valence-corrected chi connectivity index (χ2v) is 14.8. The highest BCUT2D eigenvalue weighted by atomic mass is 31.2. The van der Waals surface area contributed by atoms with Gasteiger partial charge in [-0.3, -0.25) is 23.4 Å². The van der Waals surface area contributed by atoms with Crippen LogP contribution in [0.2, 0.25) is 0 Å². The maximum absolute atomic E-state index is 12.6. The predicted octanol–water partition coefficient (Wildman–Crippen LogP) is 10.6. The summed E-state index contributed by atoms with van der Waals surface area (Å²) in [6.45, 7) is 2.59. The standard InChI is InChI=1S/C43H72NO10P/c1-3-5-7-9-11-13-15-17-19-20-21-23-24-26-28-30-32-34-41(45)51-36-39(37-52-55(49,50)53-38-40(44)43(47)48)54-42(46)35-33-31-29-27-25-22-18-16-14-12-10-8-6-4-2/h5,7,11,13,16-19,21,23,26,28,39-40H,3-4,6,8-10,12,14-15,20,22,24-25,27,29-38,44H2,1-2H3,(H,47,48)(H,49,50)/b7-5-,13-11-,18-16-,19-17-,23-21-,28-26-/t39-,40+/m1/s1. The van der Waals surface area contributed by atoms with Crippen LogP contribution in [0.1, 0.15) is 149 Å². The molecule has 1 unspecified atom stereocenters. The van der Waals surface area contributed by atoms with Crippen molar-refractivity contribution in [2.45, 2.75) is 161 Å². The van der Waals surface area contributed by atoms with Crippen LogP contribution < -0.4 is 5.73 Å². The number of hydrogen-bond donors (Lipinski definition) is 3. The van der Waals surface area contributed by atoms with Crippen LogP contribution >= 0.6 is 7.82 Å². The Labute approximate surface area is 331 Å². The zero-order valence-electron chi connectivity index (χ0n) is 33.7. The summed E-state index contributed by atoms with van der Waals surface area (Å²) in [5.41, 5.74) is 5.32. The third kappa shape index (κ3) is 37.6. The van der Waals surface area contributed by atoms with Crippen LogP contribution in [0.5, 0.6) is 0 Å². The van der Waals surface area contributed by atoms with Crippen molar-refractivity contribution < 1.29 is 47.5 Å². The molecule has 0 saturated heterocycles. The Morgan fingerprint density at radius 3 is 1.60 bits per heavy atom. The van der Waals surface area contributed by atoms with Crippen molar-refractivity contribution in [3.8, 4) is 0 Å². The number of aliphatic carboxylic acids is 1. The van der Waals surface area contributed by atoms with Gasteiger partial charge in [0.2, 0.25) is 0 Å². The monoisotopic (exact) mass is 793 g/mol. The normalized spacial score (nSPS) is 14.5. The molecule has 0 heterocycles. The average Bonchev–Trinajstić information content (AvgIpc) is 3.16. The lowest BCUT2D eigenvalue weighted by Gasteiger charge is -2.20. The molecule has 0 aliphatic carbocycles. The number of ether oxygens (including phenoxy) is 2. The summed E-state index contributed by atoms with van der Waals surface area (Å²) in [6.07, 6.45) is 44.0. The number of rotatable bonds is 37. The molecule has 55 heavy (non-hydrogen) atoms. The van der Waals surface area contributed by atoms with Crippen LogP contribution in [0.4, 0.5) is 0 Å². The third-order valence-electron chi connectivity index (χ3n) is 8.19. The highest BCUT2D eigenvalue weighted by molar-refractivity contribution is 7.47. The first-order valence-corrected chi connectivity index (χ1v) is 22.0. The van der Waals surface area contributed by atoms with E-state index in [1.807, 2.05) is 12.2 Å². The van der Waals surface area contributed by atoms with E-state index >= 15 is 0 Å². The van der Waals surface area contributed by atoms with E-state index in [0.717, 1.165) is 70.6 Å². The largest absolute Gasteiger partial charge is 0.480 e. The van der Waals surface area contributed by atoms with Gasteiger partial charge in [-0.15, -0.1) is 0 Å². The molecule has 0 saturated carbocycles. The molecule has 0 bridgehead atoms. The van der Waals surface area contributed by atoms with E-state index in [2.05, 4.69) is 79.1 Å². The number of phosphoric ester groups is 1. The van der Waals surface area contributed by atoms with Gasteiger partial charge in [0.1, 0.15) is 12.6 Å². The number of allylic oxidation sites excluding steroid dienone is 12. The fourth-order valence-corrected chi connectivity index (χ4v) is 5.75. The molecular formula is C43H72NO10P. The number of nitrogens with two attached hydrogens (primary N) is 1. The first kappa shape index (κ1) is 51.9. The molecule has 12 heteroatoms. The molecule has 11 nitrogen and oxygen atoms in total. The second-order valence-electron chi connectivity index (χ2n) is 13.4. The highest BCUT2D eigenvalue weighted by Gasteiger charge is 2.28. The van der Waals surface area contributed by atoms with Crippen molar-refractivity contribution in [2.75, 3.05) is 19.8 Å². The van der Waals surface area contributed by atoms with E-state index in [9.17, 15) is 23.8 Å². The Morgan fingerprint density at radius 2 is 1.04 bits per heavy atom. The van der Waals surface area contributed by atoms with Gasteiger partial charge in [-0.25, -0.2) is 4.57 Å². The fourth-order valence-electron chi connectivity index (χ4n) is 4.98. The molecule has 0 amide bonds. The van der Waals surface area contributed by atoms with Gasteiger partial charge in [-0.05, 0) is 77.0 Å². The zero-order valence-corrected chi connectivity index (χ0v) is 34.6. The first-order valence-electron chi connectivity index (χ1n) is 20.5. The number of unbranched alkanes of at least 4 members (excludes halogenated alkanes) is 11. The quantitative estimate of drug-likeness (QED) is 0.0236. The van der Waals surface area contributed by atoms with Gasteiger partial charge < -0.3 is 25.2 Å². The fraction of sp³-hybridized carbons (Fsp3) is 0.651. The number of carboxylic acid groups (broad SMARTS) is 1. The lowest BCUT2D eigenvalue weighted by molar-refractivity contribution is -0.161. The van der Waals surface area contributed by atoms with Crippen molar-refractivity contribution in [1.82, 2.24) is 0 Å². The van der Waals surface area contributed by atoms with Gasteiger partial charge >= 0.3 is 25.7 Å². The maximum Gasteiger partial charge on any atom is 0.472 e. The summed E-state index contributed by atoms with van der Waals surface area (Å²) in [6, 6.07) is -1.53. The van der Waals surface area contributed by atoms with Crippen LogP contribution in [0.15, 0.2) is 72.9 Å². The number of carbonyl (C=O) groups is 3. The Bertz CT molecular complexity index is 1210. The van der Waals surface area contributed by atoms with Crippen LogP contribution in [0, 0.1) is 0 Å². The van der Waals surface area contributed by atoms with Crippen molar-refractivity contribution in [2.24, 2.45) is 5.73 Å². The molecule has 0 aliphatic heterocycles. The smallest absolute Gasteiger partial charge is 0.472 e. The molecular weight excluding hydrogens is 721 g/mol. The SMILES string of the molecule is CC/C=C\C/C=C\C/C=C\C/C=C\C/C=C\CCCC(=O)OC[C@H](COP(=O)(O)OC[C@H](N)C(=O)O)OC(=O)CCCCCCC/C=C\CCCCCCC. The van der Waals surface area contributed by atoms with Crippen molar-refractivity contribution in [1.29, 1.82) is 0 Å². The van der Waals surface area contributed by atoms with Gasteiger partial charge in [0.05, 0.1) is 13.2 Å². The molecule has 4 N–H and O–H groups in total. The molecule has 314 valence electrons. The molecule has 0 fully saturated rings. The molecule has 0 rings (SSSR count). The maximum atomic E-state index is 12.6. The molecule has 0 aromatic heterocycles. The summed E-state index contributed by atoms with van der Waals surface area (Å²) in [5, 5.41) is 8.87. The second kappa shape index (κ2) is 37.8. The van der Waals surface area contributed by atoms with Gasteiger partial charge in [0.15, 0.2) is 6.10 Å². The van der Waals surface area contributed by atoms with Crippen LogP contribution in [0.25, 0.3) is 0 Å². The molecule has 0 aromatic rings. The minimum Gasteiger partial charge on any atom is -0.480 e. The van der Waals surface area contributed by atoms with E-state index in [1.165, 1.54) is 32.1 Å². The number of hydrogen-bond acceptors (Lipinski definition) is 9. The Kier molecular flexibility index (Phi) is 35.7. The average molecular weight is 794 g/mol. The van der Waals surface area contributed by atoms with E-state index in [0.29, 0.717) is 19.3 Å². The highest BCUT2D eigenvalue weighted by Crippen LogP contribution is 2.43. The minimum atomic E-state index is -4.73. The van der Waals surface area contributed by atoms with Gasteiger partial charge in [-0.1, -0.05) is 132 Å². The topological polar surface area (TPSA) is 172 Å². The van der Waals surface area contributed by atoms with Crippen LogP contribution in [-0.2, 0) is 37.5 Å². The lowest BCUT2D eigenvalue weighted by atomic mass is 10.1. The number of phosphoric acid groups is 1. The van der Waals surface area contributed by atoms with Crippen molar-refractivity contribution >= 4 is 25.7 Å². The molecule has 0 spiro atoms. The molecule has 3 atom stereocenters. The summed E-state index contributed by atoms with van der Waals surface area (Å²) in [7, 11) is -4.73. The van der Waals surface area contributed by atoms with Gasteiger partial charge in [-0.2, -0.15) is 0 Å². The Balaban J connectivity index is 4.52. The predicted molar refractivity (Wildman–Crippen MR) is 221 cm³/mol. The molecule has 0 aliphatic rings. The summed E-state index contributed by atoms with van der Waals surface area (Å²) < 4.78 is 32.6. The zero-order chi connectivity index (χ0) is 40.7. The third-order valence-corrected chi connectivity index (χ3v) is 9.14. The van der Waals surface area contributed by atoms with Crippen molar-refractivity contribution in [3.63, 3.8) is 0 Å². The van der Waals surface area contributed by atoms with Gasteiger partial charge in [0.25, 0.3) is 0 Å². The Hall–Kier alpha value is -3.08. The van der Waals surface area contributed by atoms with Crippen molar-refractivity contribution in [3.05, 3.63) is 72.9 Å². The lowest BCUT2D eigenvalue weighted by Crippen LogP contribution is -2.34. The molecule has 0 aromatic carbocycles. The summed E-state index contributed by atoms with van der Waals surface area (Å²) in [4.78, 5) is 45.8. The number of carbonyl (C=O) groups excluding carboxylic acids is 2. The van der Waals surface area contributed by atoms with E-state index in [4.69, 9.17) is 24.8 Å². The Morgan fingerprint density at radius 1 is 0.582 bits per heavy atom. The summed E-state index contributed by atoms with van der Waals surface area (Å²) >= 11 is 0. The van der Waals surface area contributed by atoms with Gasteiger partial charge in [0, 0.05) is 12.8 Å². The molecule has 0 radical (unpaired) electrons. The minimum absolute atomic E-state index is 0.135. The summed E-state index contributed by atoms with van der Waals surface area (Å²) in [5.74, 6) is -2.47. The van der Waals surface area contributed by atoms with E-state index < -0.39 is 51.1 Å². The van der Waals surface area contributed by atoms with E-state index in [1.54, 1.807) is 0 Å². The van der Waals surface area contributed by atoms with E-state index in [-0.39, 0.29) is 19.4 Å². The number of carboxylic acids is 1. The van der Waals surface area contributed by atoms with Crippen LogP contribution in [0.3, 0.4) is 0 Å². The number of esters is 2. The first-order chi connectivity index (χ1) is 26.6. The van der Waals surface area contributed by atoms with Crippen LogP contribution in [-0.4, -0.2) is 59.9 Å².